The molecule has 1 aromatic heterocycles. The number of halogens is 1. The Labute approximate surface area is 186 Å². The van der Waals surface area contributed by atoms with E-state index in [9.17, 15) is 9.18 Å². The number of hydrogen-bond donors (Lipinski definition) is 1. The van der Waals surface area contributed by atoms with E-state index in [1.54, 1.807) is 12.3 Å². The Morgan fingerprint density at radius 2 is 2.03 bits per heavy atom. The Balaban J connectivity index is 1.60. The first-order valence-electron chi connectivity index (χ1n) is 11.7. The second-order valence-corrected chi connectivity index (χ2v) is 10.1. The fourth-order valence-electron chi connectivity index (χ4n) is 5.09. The Hall–Kier alpha value is -1.57. The molecule has 1 aromatic rings. The quantitative estimate of drug-likeness (QED) is 0.682. The molecule has 174 valence electrons. The van der Waals surface area contributed by atoms with Gasteiger partial charge in [-0.2, -0.15) is 0 Å². The summed E-state index contributed by atoms with van der Waals surface area (Å²) < 4.78 is 19.8. The van der Waals surface area contributed by atoms with E-state index >= 15 is 0 Å². The smallest absolute Gasteiger partial charge is 0.220 e. The van der Waals surface area contributed by atoms with E-state index in [-0.39, 0.29) is 29.3 Å². The molecular formula is C24H39FN4O2. The number of carbonyl (C=O) groups is 1. The molecule has 1 atom stereocenters. The zero-order valence-electron chi connectivity index (χ0n) is 19.6. The summed E-state index contributed by atoms with van der Waals surface area (Å²) >= 11 is 0. The number of amides is 1. The number of nitrogens with one attached hydrogen (secondary N) is 1. The van der Waals surface area contributed by atoms with Gasteiger partial charge in [0.25, 0.3) is 0 Å². The van der Waals surface area contributed by atoms with Crippen molar-refractivity contribution >= 4 is 5.91 Å². The zero-order valence-corrected chi connectivity index (χ0v) is 19.6. The molecule has 31 heavy (non-hydrogen) atoms. The van der Waals surface area contributed by atoms with Crippen LogP contribution in [-0.4, -0.2) is 77.7 Å². The first-order chi connectivity index (χ1) is 14.7. The molecule has 3 rings (SSSR count). The van der Waals surface area contributed by atoms with E-state index in [4.69, 9.17) is 4.74 Å². The van der Waals surface area contributed by atoms with Crippen molar-refractivity contribution in [2.75, 3.05) is 45.9 Å². The highest BCUT2D eigenvalue weighted by Crippen LogP contribution is 2.37. The number of pyridine rings is 1. The molecule has 2 aliphatic heterocycles. The Bertz CT molecular complexity index is 734. The van der Waals surface area contributed by atoms with E-state index in [1.165, 1.54) is 6.07 Å². The van der Waals surface area contributed by atoms with Gasteiger partial charge in [0.2, 0.25) is 5.91 Å². The number of carbonyl (C=O) groups excluding carboxylic acids is 1. The highest BCUT2D eigenvalue weighted by atomic mass is 19.1. The van der Waals surface area contributed by atoms with Gasteiger partial charge in [-0.25, -0.2) is 4.39 Å². The monoisotopic (exact) mass is 434 g/mol. The zero-order chi connectivity index (χ0) is 22.5. The molecular weight excluding hydrogens is 395 g/mol. The predicted octanol–water partition coefficient (Wildman–Crippen LogP) is 2.87. The number of rotatable bonds is 8. The van der Waals surface area contributed by atoms with Gasteiger partial charge in [0, 0.05) is 70.5 Å². The molecule has 0 aromatic carbocycles. The van der Waals surface area contributed by atoms with Gasteiger partial charge in [0.1, 0.15) is 5.82 Å². The van der Waals surface area contributed by atoms with Gasteiger partial charge in [-0.15, -0.1) is 0 Å². The molecule has 2 aliphatic rings. The third-order valence-electron chi connectivity index (χ3n) is 6.52. The largest absolute Gasteiger partial charge is 0.375 e. The van der Waals surface area contributed by atoms with Crippen molar-refractivity contribution in [3.63, 3.8) is 0 Å². The molecule has 3 heterocycles. The molecule has 0 spiro atoms. The van der Waals surface area contributed by atoms with Crippen LogP contribution in [0.1, 0.15) is 52.7 Å². The Kier molecular flexibility index (Phi) is 8.05. The number of nitrogens with zero attached hydrogens (tertiary/aromatic N) is 3. The lowest BCUT2D eigenvalue weighted by atomic mass is 9.79. The maximum absolute atomic E-state index is 13.8. The fourth-order valence-corrected chi connectivity index (χ4v) is 5.09. The Morgan fingerprint density at radius 1 is 1.29 bits per heavy atom. The number of hydrogen-bond acceptors (Lipinski definition) is 5. The topological polar surface area (TPSA) is 57.7 Å². The van der Waals surface area contributed by atoms with Crippen molar-refractivity contribution in [3.8, 4) is 0 Å². The van der Waals surface area contributed by atoms with E-state index in [0.29, 0.717) is 31.2 Å². The lowest BCUT2D eigenvalue weighted by Gasteiger charge is -2.53. The minimum absolute atomic E-state index is 0.0489. The molecule has 7 heteroatoms. The van der Waals surface area contributed by atoms with Gasteiger partial charge in [0.05, 0.1) is 11.3 Å². The summed E-state index contributed by atoms with van der Waals surface area (Å²) in [4.78, 5) is 21.8. The lowest BCUT2D eigenvalue weighted by molar-refractivity contribution is -0.133. The summed E-state index contributed by atoms with van der Waals surface area (Å²) in [6.45, 7) is 15.4. The first-order valence-corrected chi connectivity index (χ1v) is 11.7. The van der Waals surface area contributed by atoms with Crippen LogP contribution >= 0.6 is 0 Å². The van der Waals surface area contributed by atoms with Crippen LogP contribution in [-0.2, 0) is 16.0 Å². The van der Waals surface area contributed by atoms with E-state index < -0.39 is 0 Å². The molecule has 1 N–H and O–H groups in total. The minimum atomic E-state index is -0.350. The highest BCUT2D eigenvalue weighted by molar-refractivity contribution is 5.76. The summed E-state index contributed by atoms with van der Waals surface area (Å²) in [5, 5.41) is 3.16. The first kappa shape index (κ1) is 24.1. The van der Waals surface area contributed by atoms with E-state index in [1.807, 2.05) is 0 Å². The van der Waals surface area contributed by atoms with Crippen LogP contribution in [0.25, 0.3) is 0 Å². The van der Waals surface area contributed by atoms with Gasteiger partial charge in [-0.1, -0.05) is 13.8 Å². The molecule has 2 fully saturated rings. The molecule has 0 bridgehead atoms. The fraction of sp³-hybridized carbons (Fsp3) is 0.750. The standard InChI is InChI=1S/C24H39FN4O2/c1-19(2)16-28-11-13-29(14-12-28)24(9-15-31-23(3,4)17-24)18-27-22(30)8-7-21-20(25)6-5-10-26-21/h5-6,10,19H,7-9,11-18H2,1-4H3,(H,27,30). The third-order valence-corrected chi connectivity index (χ3v) is 6.52. The van der Waals surface area contributed by atoms with Crippen LogP contribution in [0, 0.1) is 11.7 Å². The summed E-state index contributed by atoms with van der Waals surface area (Å²) in [6.07, 6.45) is 3.92. The van der Waals surface area contributed by atoms with Crippen LogP contribution in [0.2, 0.25) is 0 Å². The molecule has 2 saturated heterocycles. The van der Waals surface area contributed by atoms with Crippen LogP contribution in [0.4, 0.5) is 4.39 Å². The number of aryl methyl sites for hydroxylation is 1. The van der Waals surface area contributed by atoms with Crippen LogP contribution in [0.5, 0.6) is 0 Å². The average molecular weight is 435 g/mol. The van der Waals surface area contributed by atoms with Crippen molar-refractivity contribution in [2.45, 2.75) is 64.5 Å². The predicted molar refractivity (Wildman–Crippen MR) is 120 cm³/mol. The maximum Gasteiger partial charge on any atom is 0.220 e. The Morgan fingerprint density at radius 3 is 2.68 bits per heavy atom. The summed E-state index contributed by atoms with van der Waals surface area (Å²) in [7, 11) is 0. The van der Waals surface area contributed by atoms with Gasteiger partial charge >= 0.3 is 0 Å². The second-order valence-electron chi connectivity index (χ2n) is 10.1. The number of ether oxygens (including phenoxy) is 1. The minimum Gasteiger partial charge on any atom is -0.375 e. The normalized spacial score (nSPS) is 25.0. The van der Waals surface area contributed by atoms with E-state index in [2.05, 4.69) is 47.8 Å². The van der Waals surface area contributed by atoms with E-state index in [0.717, 1.165) is 45.6 Å². The van der Waals surface area contributed by atoms with Crippen molar-refractivity contribution in [3.05, 3.63) is 29.8 Å². The molecule has 6 nitrogen and oxygen atoms in total. The summed E-state index contributed by atoms with van der Waals surface area (Å²) in [5.41, 5.74) is 0.0352. The van der Waals surface area contributed by atoms with Gasteiger partial charge in [-0.05, 0) is 44.7 Å². The molecule has 1 amide bonds. The molecule has 0 aliphatic carbocycles. The highest BCUT2D eigenvalue weighted by Gasteiger charge is 2.45. The molecule has 0 radical (unpaired) electrons. The van der Waals surface area contributed by atoms with Crippen molar-refractivity contribution < 1.29 is 13.9 Å². The van der Waals surface area contributed by atoms with Crippen molar-refractivity contribution in [1.82, 2.24) is 20.1 Å². The summed E-state index contributed by atoms with van der Waals surface area (Å²) in [6, 6.07) is 2.95. The number of piperazine rings is 1. The lowest BCUT2D eigenvalue weighted by Crippen LogP contribution is -2.65. The van der Waals surface area contributed by atoms with Crippen molar-refractivity contribution in [1.29, 1.82) is 0 Å². The van der Waals surface area contributed by atoms with Crippen LogP contribution in [0.15, 0.2) is 18.3 Å². The van der Waals surface area contributed by atoms with Crippen LogP contribution in [0.3, 0.4) is 0 Å². The maximum atomic E-state index is 13.8. The second kappa shape index (κ2) is 10.4. The van der Waals surface area contributed by atoms with Gasteiger partial charge < -0.3 is 15.0 Å². The molecule has 0 saturated carbocycles. The third kappa shape index (κ3) is 6.70. The molecule has 1 unspecified atom stereocenters. The van der Waals surface area contributed by atoms with Crippen LogP contribution < -0.4 is 5.32 Å². The SMILES string of the molecule is CC(C)CN1CCN(C2(CNC(=O)CCc3ncccc3F)CCOC(C)(C)C2)CC1. The summed E-state index contributed by atoms with van der Waals surface area (Å²) in [5.74, 6) is 0.273. The van der Waals surface area contributed by atoms with Crippen molar-refractivity contribution in [2.24, 2.45) is 5.92 Å². The number of aromatic nitrogens is 1. The average Bonchev–Trinajstić information content (AvgIpc) is 2.71. The van der Waals surface area contributed by atoms with Gasteiger partial charge in [0.15, 0.2) is 0 Å². The van der Waals surface area contributed by atoms with Gasteiger partial charge in [-0.3, -0.25) is 14.7 Å².